The molecule has 0 aromatic rings. The van der Waals surface area contributed by atoms with Gasteiger partial charge in [-0.05, 0) is 19.8 Å². The van der Waals surface area contributed by atoms with Crippen molar-refractivity contribution in [1.82, 2.24) is 0 Å². The van der Waals surface area contributed by atoms with E-state index in [-0.39, 0.29) is 5.97 Å². The lowest BCUT2D eigenvalue weighted by Gasteiger charge is -2.00. The summed E-state index contributed by atoms with van der Waals surface area (Å²) in [4.78, 5) is 11.0. The molecule has 0 N–H and O–H groups in total. The molecule has 0 bridgehead atoms. The lowest BCUT2D eigenvalue weighted by Crippen LogP contribution is -1.98. The van der Waals surface area contributed by atoms with Crippen molar-refractivity contribution in [3.63, 3.8) is 0 Å². The van der Waals surface area contributed by atoms with E-state index >= 15 is 0 Å². The number of ether oxygens (including phenoxy) is 1. The number of esters is 1. The highest BCUT2D eigenvalue weighted by Crippen LogP contribution is 2.10. The van der Waals surface area contributed by atoms with Gasteiger partial charge in [-0.15, -0.1) is 0 Å². The normalized spacial score (nSPS) is 11.0. The molecule has 2 nitrogen and oxygen atoms in total. The highest BCUT2D eigenvalue weighted by molar-refractivity contribution is 5.81. The quantitative estimate of drug-likeness (QED) is 0.277. The van der Waals surface area contributed by atoms with Gasteiger partial charge < -0.3 is 4.74 Å². The molecule has 0 aromatic carbocycles. The Kier molecular flexibility index (Phi) is 13.6. The lowest BCUT2D eigenvalue weighted by molar-refractivity contribution is -0.137. The van der Waals surface area contributed by atoms with Gasteiger partial charge in [0.15, 0.2) is 0 Å². The first kappa shape index (κ1) is 17.2. The molecule has 0 radical (unpaired) electrons. The fourth-order valence-corrected chi connectivity index (χ4v) is 1.94. The van der Waals surface area contributed by atoms with Gasteiger partial charge in [-0.25, -0.2) is 4.79 Å². The first-order valence-electron chi connectivity index (χ1n) is 7.64. The van der Waals surface area contributed by atoms with Crippen molar-refractivity contribution in [2.75, 3.05) is 6.61 Å². The van der Waals surface area contributed by atoms with Crippen LogP contribution < -0.4 is 0 Å². The second-order valence-electron chi connectivity index (χ2n) is 4.77. The summed E-state index contributed by atoms with van der Waals surface area (Å²) < 4.78 is 4.81. The SMILES string of the molecule is CCCCCCCCCCC/C=C\C(=O)OCC. The first-order chi connectivity index (χ1) is 8.81. The van der Waals surface area contributed by atoms with E-state index in [2.05, 4.69) is 6.92 Å². The topological polar surface area (TPSA) is 26.3 Å². The standard InChI is InChI=1S/C16H30O2/c1-3-5-6-7-8-9-10-11-12-13-14-15-16(17)18-4-2/h14-15H,3-13H2,1-2H3/b15-14-. The van der Waals surface area contributed by atoms with Gasteiger partial charge in [0.2, 0.25) is 0 Å². The van der Waals surface area contributed by atoms with Crippen LogP contribution in [0.25, 0.3) is 0 Å². The van der Waals surface area contributed by atoms with Gasteiger partial charge in [-0.1, -0.05) is 64.4 Å². The van der Waals surface area contributed by atoms with Crippen molar-refractivity contribution in [2.45, 2.75) is 78.1 Å². The van der Waals surface area contributed by atoms with Crippen LogP contribution in [0.1, 0.15) is 78.1 Å². The molecule has 106 valence electrons. The van der Waals surface area contributed by atoms with Crippen LogP contribution in [0.5, 0.6) is 0 Å². The molecule has 0 rings (SSSR count). The van der Waals surface area contributed by atoms with E-state index in [0.29, 0.717) is 6.61 Å². The fraction of sp³-hybridized carbons (Fsp3) is 0.812. The van der Waals surface area contributed by atoms with Crippen molar-refractivity contribution in [2.24, 2.45) is 0 Å². The van der Waals surface area contributed by atoms with Crippen molar-refractivity contribution in [3.8, 4) is 0 Å². The smallest absolute Gasteiger partial charge is 0.330 e. The minimum absolute atomic E-state index is 0.214. The number of hydrogen-bond acceptors (Lipinski definition) is 2. The van der Waals surface area contributed by atoms with Gasteiger partial charge in [0, 0.05) is 6.08 Å². The zero-order valence-electron chi connectivity index (χ0n) is 12.2. The van der Waals surface area contributed by atoms with Crippen LogP contribution in [0.3, 0.4) is 0 Å². The molecule has 0 saturated carbocycles. The van der Waals surface area contributed by atoms with E-state index in [9.17, 15) is 4.79 Å². The summed E-state index contributed by atoms with van der Waals surface area (Å²) >= 11 is 0. The summed E-state index contributed by atoms with van der Waals surface area (Å²) in [5.74, 6) is -0.214. The van der Waals surface area contributed by atoms with Gasteiger partial charge in [0.25, 0.3) is 0 Å². The Morgan fingerprint density at radius 2 is 1.44 bits per heavy atom. The number of unbranched alkanes of at least 4 members (excludes halogenated alkanes) is 9. The Labute approximate surface area is 113 Å². The summed E-state index contributed by atoms with van der Waals surface area (Å²) in [5, 5.41) is 0. The van der Waals surface area contributed by atoms with Crippen LogP contribution in [0, 0.1) is 0 Å². The molecule has 0 heterocycles. The lowest BCUT2D eigenvalue weighted by atomic mass is 10.1. The predicted octanol–water partition coefficient (Wildman–Crippen LogP) is 5.03. The van der Waals surface area contributed by atoms with E-state index in [1.54, 1.807) is 6.08 Å². The maximum atomic E-state index is 11.0. The van der Waals surface area contributed by atoms with Gasteiger partial charge in [-0.3, -0.25) is 0 Å². The van der Waals surface area contributed by atoms with E-state index in [1.165, 1.54) is 57.8 Å². The van der Waals surface area contributed by atoms with Crippen LogP contribution >= 0.6 is 0 Å². The second kappa shape index (κ2) is 14.3. The molecule has 0 aliphatic heterocycles. The van der Waals surface area contributed by atoms with Crippen LogP contribution in [-0.4, -0.2) is 12.6 Å². The monoisotopic (exact) mass is 254 g/mol. The Morgan fingerprint density at radius 3 is 2.00 bits per heavy atom. The van der Waals surface area contributed by atoms with Gasteiger partial charge >= 0.3 is 5.97 Å². The molecule has 0 spiro atoms. The van der Waals surface area contributed by atoms with Crippen LogP contribution in [0.15, 0.2) is 12.2 Å². The molecular weight excluding hydrogens is 224 g/mol. The molecule has 0 fully saturated rings. The summed E-state index contributed by atoms with van der Waals surface area (Å²) in [7, 11) is 0. The molecule has 0 atom stereocenters. The number of rotatable bonds is 12. The average molecular weight is 254 g/mol. The van der Waals surface area contributed by atoms with Crippen molar-refractivity contribution < 1.29 is 9.53 Å². The number of allylic oxidation sites excluding steroid dienone is 1. The summed E-state index contributed by atoms with van der Waals surface area (Å²) in [6.45, 7) is 4.54. The second-order valence-corrected chi connectivity index (χ2v) is 4.77. The molecule has 2 heteroatoms. The number of hydrogen-bond donors (Lipinski definition) is 0. The molecule has 0 aliphatic carbocycles. The predicted molar refractivity (Wildman–Crippen MR) is 77.6 cm³/mol. The Bertz CT molecular complexity index is 209. The van der Waals surface area contributed by atoms with E-state index in [1.807, 2.05) is 13.0 Å². The highest BCUT2D eigenvalue weighted by atomic mass is 16.5. The van der Waals surface area contributed by atoms with Crippen molar-refractivity contribution >= 4 is 5.97 Å². The van der Waals surface area contributed by atoms with E-state index in [0.717, 1.165) is 6.42 Å². The summed E-state index contributed by atoms with van der Waals surface area (Å²) in [6, 6.07) is 0. The molecule has 0 amide bonds. The number of carbonyl (C=O) groups excluding carboxylic acids is 1. The van der Waals surface area contributed by atoms with E-state index < -0.39 is 0 Å². The first-order valence-corrected chi connectivity index (χ1v) is 7.64. The van der Waals surface area contributed by atoms with E-state index in [4.69, 9.17) is 4.74 Å². The van der Waals surface area contributed by atoms with Gasteiger partial charge in [0.05, 0.1) is 6.61 Å². The highest BCUT2D eigenvalue weighted by Gasteiger charge is 1.93. The Morgan fingerprint density at radius 1 is 0.889 bits per heavy atom. The zero-order chi connectivity index (χ0) is 13.5. The zero-order valence-corrected chi connectivity index (χ0v) is 12.2. The Hall–Kier alpha value is -0.790. The minimum atomic E-state index is -0.214. The maximum absolute atomic E-state index is 11.0. The summed E-state index contributed by atoms with van der Waals surface area (Å²) in [6.07, 6.45) is 16.5. The maximum Gasteiger partial charge on any atom is 0.330 e. The molecule has 0 aliphatic rings. The largest absolute Gasteiger partial charge is 0.463 e. The Balaban J connectivity index is 3.13. The molecule has 18 heavy (non-hydrogen) atoms. The average Bonchev–Trinajstić information content (AvgIpc) is 2.36. The fourth-order valence-electron chi connectivity index (χ4n) is 1.94. The summed E-state index contributed by atoms with van der Waals surface area (Å²) in [5.41, 5.74) is 0. The van der Waals surface area contributed by atoms with Crippen LogP contribution in [-0.2, 0) is 9.53 Å². The molecular formula is C16H30O2. The van der Waals surface area contributed by atoms with Gasteiger partial charge in [-0.2, -0.15) is 0 Å². The molecule has 0 aromatic heterocycles. The van der Waals surface area contributed by atoms with Crippen LogP contribution in [0.2, 0.25) is 0 Å². The minimum Gasteiger partial charge on any atom is -0.463 e. The third-order valence-corrected chi connectivity index (χ3v) is 3.01. The van der Waals surface area contributed by atoms with Gasteiger partial charge in [0.1, 0.15) is 0 Å². The third kappa shape index (κ3) is 13.3. The van der Waals surface area contributed by atoms with Crippen molar-refractivity contribution in [3.05, 3.63) is 12.2 Å². The molecule has 0 unspecified atom stereocenters. The third-order valence-electron chi connectivity index (χ3n) is 3.01. The molecule has 0 saturated heterocycles. The van der Waals surface area contributed by atoms with Crippen molar-refractivity contribution in [1.29, 1.82) is 0 Å². The number of carbonyl (C=O) groups is 1. The van der Waals surface area contributed by atoms with Crippen LogP contribution in [0.4, 0.5) is 0 Å².